The van der Waals surface area contributed by atoms with Gasteiger partial charge in [-0.2, -0.15) is 0 Å². The summed E-state index contributed by atoms with van der Waals surface area (Å²) in [4.78, 5) is 2.29. The molecule has 0 amide bonds. The first-order valence-corrected chi connectivity index (χ1v) is 3.93. The fourth-order valence-corrected chi connectivity index (χ4v) is 1.21. The first-order valence-electron chi connectivity index (χ1n) is 2.40. The Morgan fingerprint density at radius 1 is 1.71 bits per heavy atom. The molecule has 0 radical (unpaired) electrons. The third-order valence-corrected chi connectivity index (χ3v) is 1.93. The molecule has 1 aliphatic heterocycles. The van der Waals surface area contributed by atoms with Crippen LogP contribution >= 0.6 is 22.6 Å². The van der Waals surface area contributed by atoms with Gasteiger partial charge in [-0.15, -0.1) is 0 Å². The minimum atomic E-state index is 1.13. The summed E-state index contributed by atoms with van der Waals surface area (Å²) in [6.07, 6.45) is 5.61. The fourth-order valence-electron chi connectivity index (χ4n) is 0.638. The van der Waals surface area contributed by atoms with Crippen molar-refractivity contribution in [3.63, 3.8) is 0 Å². The van der Waals surface area contributed by atoms with Gasteiger partial charge in [-0.3, -0.25) is 0 Å². The van der Waals surface area contributed by atoms with Gasteiger partial charge in [0.25, 0.3) is 0 Å². The summed E-state index contributed by atoms with van der Waals surface area (Å²) in [5, 5.41) is 0. The average molecular weight is 209 g/mol. The molecule has 0 spiro atoms. The largest absolute Gasteiger partial charge is 0.368 e. The molecule has 0 aromatic carbocycles. The molecular weight excluding hydrogens is 201 g/mol. The van der Waals surface area contributed by atoms with Gasteiger partial charge in [0.2, 0.25) is 0 Å². The van der Waals surface area contributed by atoms with Gasteiger partial charge >= 0.3 is 0 Å². The van der Waals surface area contributed by atoms with E-state index in [-0.39, 0.29) is 0 Å². The number of nitrogens with zero attached hydrogens (tertiary/aromatic N) is 1. The molecule has 7 heavy (non-hydrogen) atoms. The van der Waals surface area contributed by atoms with Gasteiger partial charge in [-0.1, -0.05) is 28.7 Å². The van der Waals surface area contributed by atoms with E-state index >= 15 is 0 Å². The predicted octanol–water partition coefficient (Wildman–Crippen LogP) is 1.60. The van der Waals surface area contributed by atoms with Crippen molar-refractivity contribution in [3.8, 4) is 0 Å². The molecule has 0 aromatic rings. The molecule has 0 saturated carbocycles. The van der Waals surface area contributed by atoms with E-state index < -0.39 is 0 Å². The Morgan fingerprint density at radius 3 is 2.86 bits per heavy atom. The molecule has 2 heteroatoms. The van der Waals surface area contributed by atoms with Crippen LogP contribution in [-0.2, 0) is 0 Å². The van der Waals surface area contributed by atoms with Crippen molar-refractivity contribution in [2.24, 2.45) is 0 Å². The van der Waals surface area contributed by atoms with Gasteiger partial charge < -0.3 is 4.90 Å². The maximum Gasteiger partial charge on any atom is 0.0693 e. The molecule has 1 aliphatic rings. The Hall–Kier alpha value is 0.270. The van der Waals surface area contributed by atoms with Gasteiger partial charge in [-0.05, 0) is 12.6 Å². The van der Waals surface area contributed by atoms with Crippen molar-refractivity contribution in [2.45, 2.75) is 6.42 Å². The molecule has 0 aliphatic carbocycles. The molecule has 0 N–H and O–H groups in total. The van der Waals surface area contributed by atoms with E-state index in [2.05, 4.69) is 39.8 Å². The number of alkyl halides is 1. The topological polar surface area (TPSA) is 3.24 Å². The van der Waals surface area contributed by atoms with E-state index in [0.29, 0.717) is 0 Å². The Kier molecular flexibility index (Phi) is 1.97. The van der Waals surface area contributed by atoms with E-state index in [1.807, 2.05) is 0 Å². The van der Waals surface area contributed by atoms with Crippen molar-refractivity contribution < 1.29 is 0 Å². The minimum absolute atomic E-state index is 1.13. The van der Waals surface area contributed by atoms with E-state index in [4.69, 9.17) is 0 Å². The summed E-state index contributed by atoms with van der Waals surface area (Å²) in [5.41, 5.74) is 0. The molecule has 0 fully saturated rings. The van der Waals surface area contributed by atoms with Crippen LogP contribution in [0.5, 0.6) is 0 Å². The van der Waals surface area contributed by atoms with Crippen LogP contribution in [-0.4, -0.2) is 16.0 Å². The number of halogens is 1. The van der Waals surface area contributed by atoms with Crippen molar-refractivity contribution in [2.75, 3.05) is 11.1 Å². The third-order valence-electron chi connectivity index (χ3n) is 1.05. The van der Waals surface area contributed by atoms with Crippen LogP contribution < -0.4 is 0 Å². The predicted molar refractivity (Wildman–Crippen MR) is 39.4 cm³/mol. The summed E-state index contributed by atoms with van der Waals surface area (Å²) in [7, 11) is 0. The van der Waals surface area contributed by atoms with Gasteiger partial charge in [0.1, 0.15) is 0 Å². The maximum absolute atomic E-state index is 2.36. The van der Waals surface area contributed by atoms with Crippen LogP contribution in [0.3, 0.4) is 0 Å². The Balaban J connectivity index is 2.28. The Morgan fingerprint density at radius 2 is 2.57 bits per heavy atom. The molecule has 1 heterocycles. The van der Waals surface area contributed by atoms with E-state index in [0.717, 1.165) is 4.55 Å². The first kappa shape index (κ1) is 5.41. The van der Waals surface area contributed by atoms with Crippen LogP contribution in [0.4, 0.5) is 0 Å². The lowest BCUT2D eigenvalue weighted by Gasteiger charge is -2.08. The highest BCUT2D eigenvalue weighted by atomic mass is 127. The van der Waals surface area contributed by atoms with Crippen molar-refractivity contribution in [1.29, 1.82) is 0 Å². The van der Waals surface area contributed by atoms with Gasteiger partial charge in [0.15, 0.2) is 0 Å². The molecule has 0 aromatic heterocycles. The van der Waals surface area contributed by atoms with Crippen LogP contribution in [0.25, 0.3) is 0 Å². The summed E-state index contributed by atoms with van der Waals surface area (Å²) in [5.74, 6) is 0. The summed E-state index contributed by atoms with van der Waals surface area (Å²) in [6, 6.07) is 0. The highest BCUT2D eigenvalue weighted by molar-refractivity contribution is 14.1. The second-order valence-corrected chi connectivity index (χ2v) is 2.29. The number of hydrogen-bond donors (Lipinski definition) is 0. The molecule has 1 rings (SSSR count). The molecule has 0 bridgehead atoms. The summed E-state index contributed by atoms with van der Waals surface area (Å²) < 4.78 is 1.13. The third kappa shape index (κ3) is 1.33. The maximum atomic E-state index is 2.36. The van der Waals surface area contributed by atoms with Gasteiger partial charge in [0, 0.05) is 6.54 Å². The highest BCUT2D eigenvalue weighted by Crippen LogP contribution is 2.04. The monoisotopic (exact) mass is 209 g/mol. The first-order chi connectivity index (χ1) is 3.43. The number of rotatable bonds is 1. The second kappa shape index (κ2) is 2.55. The van der Waals surface area contributed by atoms with Crippen LogP contribution in [0.1, 0.15) is 6.42 Å². The van der Waals surface area contributed by atoms with Gasteiger partial charge in [-0.25, -0.2) is 0 Å². The normalized spacial score (nSPS) is 18.7. The minimum Gasteiger partial charge on any atom is -0.368 e. The fraction of sp³-hybridized carbons (Fsp3) is 0.600. The van der Waals surface area contributed by atoms with Crippen molar-refractivity contribution >= 4 is 22.6 Å². The Bertz CT molecular complexity index is 80.1. The smallest absolute Gasteiger partial charge is 0.0693 e. The Labute approximate surface area is 57.5 Å². The SMILES string of the molecule is ICN1C=CCC1. The van der Waals surface area contributed by atoms with Crippen LogP contribution in [0, 0.1) is 0 Å². The highest BCUT2D eigenvalue weighted by Gasteiger charge is 1.98. The summed E-state index contributed by atoms with van der Waals surface area (Å²) in [6.45, 7) is 1.23. The lowest BCUT2D eigenvalue weighted by molar-refractivity contribution is 0.487. The van der Waals surface area contributed by atoms with Crippen LogP contribution in [0.2, 0.25) is 0 Å². The average Bonchev–Trinajstić information content (AvgIpc) is 2.14. The standard InChI is InChI=1S/C5H8IN/c6-5-7-3-1-2-4-7/h1,3H,2,4-5H2. The zero-order valence-electron chi connectivity index (χ0n) is 4.10. The quantitative estimate of drug-likeness (QED) is 0.360. The van der Waals surface area contributed by atoms with Crippen molar-refractivity contribution in [1.82, 2.24) is 4.90 Å². The van der Waals surface area contributed by atoms with E-state index in [1.54, 1.807) is 0 Å². The van der Waals surface area contributed by atoms with Crippen molar-refractivity contribution in [3.05, 3.63) is 12.3 Å². The van der Waals surface area contributed by atoms with Gasteiger partial charge in [0.05, 0.1) is 4.55 Å². The molecule has 0 saturated heterocycles. The molecule has 0 unspecified atom stereocenters. The number of hydrogen-bond acceptors (Lipinski definition) is 1. The lowest BCUT2D eigenvalue weighted by atomic mass is 10.5. The molecule has 1 nitrogen and oxygen atoms in total. The zero-order chi connectivity index (χ0) is 5.11. The second-order valence-electron chi connectivity index (χ2n) is 1.61. The molecule has 0 atom stereocenters. The molecular formula is C5H8IN. The lowest BCUT2D eigenvalue weighted by Crippen LogP contribution is -2.10. The van der Waals surface area contributed by atoms with E-state index in [9.17, 15) is 0 Å². The zero-order valence-corrected chi connectivity index (χ0v) is 6.26. The molecule has 40 valence electrons. The van der Waals surface area contributed by atoms with Crippen LogP contribution in [0.15, 0.2) is 12.3 Å². The van der Waals surface area contributed by atoms with E-state index in [1.165, 1.54) is 13.0 Å². The summed E-state index contributed by atoms with van der Waals surface area (Å²) >= 11 is 2.36.